The summed E-state index contributed by atoms with van der Waals surface area (Å²) in [5.74, 6) is 1.95. The fourth-order valence-corrected chi connectivity index (χ4v) is 5.39. The number of fused-ring (bicyclic) bond motifs is 8. The molecule has 3 aromatic heterocycles. The molecule has 0 aliphatic heterocycles. The van der Waals surface area contributed by atoms with E-state index < -0.39 is 0 Å². The highest BCUT2D eigenvalue weighted by molar-refractivity contribution is 6.14. The first-order chi connectivity index (χ1) is 19.3. The number of pyridine rings is 1. The average Bonchev–Trinajstić information content (AvgIpc) is 3.42. The normalized spacial score (nSPS) is 11.6. The Hall–Kier alpha value is -5.42. The average molecular weight is 500 g/mol. The molecule has 0 saturated carbocycles. The van der Waals surface area contributed by atoms with E-state index in [1.807, 2.05) is 66.7 Å². The van der Waals surface area contributed by atoms with E-state index in [2.05, 4.69) is 65.1 Å². The predicted molar refractivity (Wildman–Crippen MR) is 157 cm³/mol. The van der Waals surface area contributed by atoms with E-state index in [0.29, 0.717) is 17.5 Å². The maximum Gasteiger partial charge on any atom is 0.164 e. The number of imidazole rings is 1. The highest BCUT2D eigenvalue weighted by Crippen LogP contribution is 2.35. The van der Waals surface area contributed by atoms with Crippen LogP contribution >= 0.6 is 0 Å². The van der Waals surface area contributed by atoms with Crippen molar-refractivity contribution in [2.24, 2.45) is 0 Å². The van der Waals surface area contributed by atoms with E-state index in [9.17, 15) is 0 Å². The van der Waals surface area contributed by atoms with Gasteiger partial charge >= 0.3 is 0 Å². The van der Waals surface area contributed by atoms with Crippen molar-refractivity contribution in [3.8, 4) is 34.2 Å². The third-order valence-electron chi connectivity index (χ3n) is 7.21. The molecule has 0 aliphatic rings. The molecule has 8 aromatic rings. The van der Waals surface area contributed by atoms with Crippen molar-refractivity contribution in [2.45, 2.75) is 0 Å². The summed E-state index contributed by atoms with van der Waals surface area (Å²) in [6, 6.07) is 43.3. The highest BCUT2D eigenvalue weighted by atomic mass is 15.0. The van der Waals surface area contributed by atoms with Crippen LogP contribution in [0.4, 0.5) is 0 Å². The van der Waals surface area contributed by atoms with Crippen LogP contribution in [0, 0.1) is 0 Å². The van der Waals surface area contributed by atoms with E-state index in [0.717, 1.165) is 55.0 Å². The van der Waals surface area contributed by atoms with Crippen LogP contribution in [-0.2, 0) is 0 Å². The molecule has 3 heterocycles. The van der Waals surface area contributed by atoms with E-state index in [1.54, 1.807) is 0 Å². The van der Waals surface area contributed by atoms with Gasteiger partial charge in [-0.25, -0.2) is 19.9 Å². The second-order valence-electron chi connectivity index (χ2n) is 9.58. The van der Waals surface area contributed by atoms with Gasteiger partial charge < -0.3 is 0 Å². The molecule has 0 atom stereocenters. The quantitative estimate of drug-likeness (QED) is 0.231. The van der Waals surface area contributed by atoms with Gasteiger partial charge in [0, 0.05) is 27.5 Å². The standard InChI is InChI=1S/C34H21N5/c1-3-11-22(12-4-1)31-36-32(23-13-5-2-6-14-23)38-33(37-31)24-19-20-26-27(21-24)25-15-7-9-17-29(25)39-30-18-10-8-16-28(30)35-34(26)39/h1-21H. The van der Waals surface area contributed by atoms with Crippen LogP contribution in [0.15, 0.2) is 127 Å². The number of aromatic nitrogens is 5. The summed E-state index contributed by atoms with van der Waals surface area (Å²) < 4.78 is 2.26. The van der Waals surface area contributed by atoms with E-state index in [-0.39, 0.29) is 0 Å². The Balaban J connectivity index is 1.42. The Morgan fingerprint density at radius 3 is 1.64 bits per heavy atom. The Kier molecular flexibility index (Phi) is 4.76. The summed E-state index contributed by atoms with van der Waals surface area (Å²) in [6.07, 6.45) is 0. The fourth-order valence-electron chi connectivity index (χ4n) is 5.39. The summed E-state index contributed by atoms with van der Waals surface area (Å²) in [6.45, 7) is 0. The van der Waals surface area contributed by atoms with E-state index in [1.165, 1.54) is 0 Å². The topological polar surface area (TPSA) is 56.0 Å². The molecule has 8 rings (SSSR count). The van der Waals surface area contributed by atoms with E-state index in [4.69, 9.17) is 19.9 Å². The first-order valence-electron chi connectivity index (χ1n) is 12.9. The minimum Gasteiger partial charge on any atom is -0.292 e. The minimum absolute atomic E-state index is 0.641. The molecule has 0 amide bonds. The second kappa shape index (κ2) is 8.57. The first-order valence-corrected chi connectivity index (χ1v) is 12.9. The van der Waals surface area contributed by atoms with Crippen LogP contribution in [-0.4, -0.2) is 24.3 Å². The van der Waals surface area contributed by atoms with Crippen molar-refractivity contribution in [3.05, 3.63) is 127 Å². The van der Waals surface area contributed by atoms with Crippen LogP contribution in [0.1, 0.15) is 0 Å². The third kappa shape index (κ3) is 3.48. The lowest BCUT2D eigenvalue weighted by atomic mass is 10.0. The molecule has 0 spiro atoms. The lowest BCUT2D eigenvalue weighted by Gasteiger charge is -2.11. The molecule has 0 fully saturated rings. The van der Waals surface area contributed by atoms with Crippen LogP contribution in [0.3, 0.4) is 0 Å². The van der Waals surface area contributed by atoms with Crippen molar-refractivity contribution in [3.63, 3.8) is 0 Å². The Bertz CT molecular complexity index is 2110. The number of rotatable bonds is 3. The maximum absolute atomic E-state index is 5.03. The van der Waals surface area contributed by atoms with Crippen molar-refractivity contribution < 1.29 is 0 Å². The van der Waals surface area contributed by atoms with Crippen molar-refractivity contribution >= 4 is 38.4 Å². The molecule has 0 unspecified atom stereocenters. The molecule has 5 aromatic carbocycles. The van der Waals surface area contributed by atoms with Crippen molar-refractivity contribution in [2.75, 3.05) is 0 Å². The molecule has 39 heavy (non-hydrogen) atoms. The summed E-state index contributed by atoms with van der Waals surface area (Å²) in [5.41, 5.74) is 7.00. The van der Waals surface area contributed by atoms with Crippen molar-refractivity contribution in [1.29, 1.82) is 0 Å². The zero-order chi connectivity index (χ0) is 25.8. The van der Waals surface area contributed by atoms with Crippen molar-refractivity contribution in [1.82, 2.24) is 24.3 Å². The largest absolute Gasteiger partial charge is 0.292 e. The molecule has 0 bridgehead atoms. The zero-order valence-corrected chi connectivity index (χ0v) is 20.9. The minimum atomic E-state index is 0.641. The molecule has 5 nitrogen and oxygen atoms in total. The maximum atomic E-state index is 5.03. The van der Waals surface area contributed by atoms with Gasteiger partial charge in [0.25, 0.3) is 0 Å². The van der Waals surface area contributed by atoms with Gasteiger partial charge in [0.2, 0.25) is 0 Å². The van der Waals surface area contributed by atoms with Gasteiger partial charge in [-0.05, 0) is 35.7 Å². The van der Waals surface area contributed by atoms with Gasteiger partial charge in [0.15, 0.2) is 17.5 Å². The molecule has 182 valence electrons. The van der Waals surface area contributed by atoms with Crippen LogP contribution in [0.2, 0.25) is 0 Å². The Labute approximate surface area is 224 Å². The molecular weight excluding hydrogens is 478 g/mol. The summed E-state index contributed by atoms with van der Waals surface area (Å²) in [5, 5.41) is 3.37. The Morgan fingerprint density at radius 2 is 0.949 bits per heavy atom. The van der Waals surface area contributed by atoms with Gasteiger partial charge in [0.1, 0.15) is 5.65 Å². The molecule has 0 radical (unpaired) electrons. The van der Waals surface area contributed by atoms with Gasteiger partial charge in [-0.1, -0.05) is 97.1 Å². The number of benzene rings is 5. The monoisotopic (exact) mass is 499 g/mol. The van der Waals surface area contributed by atoms with Gasteiger partial charge in [-0.15, -0.1) is 0 Å². The van der Waals surface area contributed by atoms with Crippen LogP contribution in [0.5, 0.6) is 0 Å². The summed E-state index contributed by atoms with van der Waals surface area (Å²) >= 11 is 0. The number of nitrogens with zero attached hydrogens (tertiary/aromatic N) is 5. The zero-order valence-electron chi connectivity index (χ0n) is 20.9. The van der Waals surface area contributed by atoms with Crippen LogP contribution < -0.4 is 0 Å². The molecule has 0 saturated heterocycles. The Morgan fingerprint density at radius 1 is 0.385 bits per heavy atom. The predicted octanol–water partition coefficient (Wildman–Crippen LogP) is 7.98. The SMILES string of the molecule is c1ccc(-c2nc(-c3ccccc3)nc(-c3ccc4c(c3)c3ccccc3n3c5ccccc5nc43)n2)cc1. The first kappa shape index (κ1) is 21.6. The highest BCUT2D eigenvalue weighted by Gasteiger charge is 2.16. The third-order valence-corrected chi connectivity index (χ3v) is 7.21. The summed E-state index contributed by atoms with van der Waals surface area (Å²) in [7, 11) is 0. The number of hydrogen-bond acceptors (Lipinski definition) is 4. The smallest absolute Gasteiger partial charge is 0.164 e. The summed E-state index contributed by atoms with van der Waals surface area (Å²) in [4.78, 5) is 19.7. The molecule has 0 aliphatic carbocycles. The number of hydrogen-bond donors (Lipinski definition) is 0. The molecule has 0 N–H and O–H groups in total. The van der Waals surface area contributed by atoms with Gasteiger partial charge in [-0.3, -0.25) is 4.40 Å². The molecule has 5 heteroatoms. The van der Waals surface area contributed by atoms with E-state index >= 15 is 0 Å². The second-order valence-corrected chi connectivity index (χ2v) is 9.58. The molecular formula is C34H21N5. The fraction of sp³-hybridized carbons (Fsp3) is 0. The van der Waals surface area contributed by atoms with Gasteiger partial charge in [0.05, 0.1) is 16.6 Å². The van der Waals surface area contributed by atoms with Crippen LogP contribution in [0.25, 0.3) is 72.5 Å². The van der Waals surface area contributed by atoms with Gasteiger partial charge in [-0.2, -0.15) is 0 Å². The lowest BCUT2D eigenvalue weighted by molar-refractivity contribution is 1.07. The number of para-hydroxylation sites is 3. The lowest BCUT2D eigenvalue weighted by Crippen LogP contribution is -2.00.